The molecule has 1 saturated heterocycles. The molecule has 0 aliphatic carbocycles. The third kappa shape index (κ3) is 27.0. The Morgan fingerprint density at radius 3 is 0.583 bits per heavy atom. The Morgan fingerprint density at radius 2 is 0.381 bits per heavy atom. The van der Waals surface area contributed by atoms with Gasteiger partial charge in [0.25, 0.3) is 0 Å². The zero-order chi connectivity index (χ0) is 94.8. The fourth-order valence-electron chi connectivity index (χ4n) is 15.2. The predicted molar refractivity (Wildman–Crippen MR) is 522 cm³/mol. The van der Waals surface area contributed by atoms with Crippen molar-refractivity contribution in [1.29, 1.82) is 0 Å². The second-order valence-electron chi connectivity index (χ2n) is 32.7. The van der Waals surface area contributed by atoms with Gasteiger partial charge in [-0.3, -0.25) is 0 Å². The first-order valence-electron chi connectivity index (χ1n) is 45.7. The molecule has 16 aromatic rings. The predicted octanol–water partition coefficient (Wildman–Crippen LogP) is 24.2. The number of ether oxygens (including phenoxy) is 17. The van der Waals surface area contributed by atoms with Crippen LogP contribution in [0.4, 0.5) is 0 Å². The van der Waals surface area contributed by atoms with Gasteiger partial charge in [0.05, 0.1) is 28.4 Å². The van der Waals surface area contributed by atoms with E-state index in [0.29, 0.717) is 0 Å². The summed E-state index contributed by atoms with van der Waals surface area (Å²) in [5.74, 6) is -2.71. The van der Waals surface area contributed by atoms with E-state index in [9.17, 15) is 0 Å². The van der Waals surface area contributed by atoms with Crippen LogP contribution in [0.25, 0.3) is 0 Å². The van der Waals surface area contributed by atoms with E-state index in [4.69, 9.17) is 80.5 Å². The topological polar surface area (TPSA) is 225 Å². The van der Waals surface area contributed by atoms with Crippen molar-refractivity contribution >= 4 is 23.9 Å². The summed E-state index contributed by atoms with van der Waals surface area (Å²) < 4.78 is 115. The van der Waals surface area contributed by atoms with Gasteiger partial charge >= 0.3 is 23.9 Å². The minimum Gasteiger partial charge on any atom is -0.485 e. The molecule has 4 atom stereocenters. The van der Waals surface area contributed by atoms with Crippen LogP contribution in [0.15, 0.2) is 413 Å². The molecule has 0 N–H and O–H groups in total. The molecule has 0 aromatic heterocycles. The van der Waals surface area contributed by atoms with Crippen LogP contribution in [0.3, 0.4) is 0 Å². The number of carbonyl (C=O) groups excluding carboxylic acids is 4. The molecule has 16 aromatic carbocycles. The number of carbonyl (C=O) groups is 4. The maximum Gasteiger partial charge on any atom is 0.340 e. The lowest BCUT2D eigenvalue weighted by atomic mass is 10.0. The van der Waals surface area contributed by atoms with E-state index in [1.165, 1.54) is 48.5 Å². The van der Waals surface area contributed by atoms with Crippen molar-refractivity contribution in [3.8, 4) is 69.0 Å². The largest absolute Gasteiger partial charge is 0.485 e. The number of rotatable bonds is 45. The molecule has 21 heteroatoms. The van der Waals surface area contributed by atoms with Crippen LogP contribution in [-0.2, 0) is 103 Å². The first-order chi connectivity index (χ1) is 68.5. The standard InChI is InChI=1S/C118H100O21/c119-114(95-61-100(123-70-83-37-13-1-14-38-83)109(131-78-91-53-29-9-30-54-91)101(62-95)124-71-84-39-15-2-16-40-84)135-82-99-69-108(137-115(120)96-63-102(125-72-85-41-17-3-18-42-85)110(132-79-92-55-31-10-32-56-92)103(64-96)126-73-86-43-19-4-20-44-86)113(138-116(121)97-65-104(127-74-87-45-21-5-22-46-87)111(133-80-93-57-33-11-34-58-93)105(66-97)128-75-88-47-23-6-24-48-88)118(136-99)139-117(122)98-67-106(129-76-89-49-25-7-26-50-89)112(134-81-94-59-35-12-36-60-94)107(68-98)130-77-90-51-27-8-28-52-90/h1-68,99,108,113,118H,69-82H2/t99-,108-,113+,118+/m0/s1. The fourth-order valence-corrected chi connectivity index (χ4v) is 15.2. The molecule has 1 fully saturated rings. The highest BCUT2D eigenvalue weighted by molar-refractivity contribution is 5.94. The summed E-state index contributed by atoms with van der Waals surface area (Å²) in [5, 5.41) is 0. The SMILES string of the molecule is O=C(OC[C@@H]1C[C@H](OC(=O)c2cc(OCc3ccccc3)c(OCc3ccccc3)c(OCc3ccccc3)c2)[C@@H](OC(=O)c2cc(OCc3ccccc3)c(OCc3ccccc3)c(OCc3ccccc3)c2)[C@@H](OC(=O)c2cc(OCc3ccccc3)c(OCc3ccccc3)c(OCc3ccccc3)c2)O1)c1cc(OCc2ccccc2)c(OCc2ccccc2)c(OCc2ccccc2)c1. The molecule has 1 aliphatic heterocycles. The Bertz CT molecular complexity index is 6160. The van der Waals surface area contributed by atoms with E-state index in [2.05, 4.69) is 0 Å². The van der Waals surface area contributed by atoms with E-state index in [1.807, 2.05) is 364 Å². The van der Waals surface area contributed by atoms with Crippen LogP contribution in [0.1, 0.15) is 115 Å². The normalized spacial score (nSPS) is 13.6. The maximum atomic E-state index is 16.4. The second-order valence-corrected chi connectivity index (χ2v) is 32.7. The molecule has 139 heavy (non-hydrogen) atoms. The molecular weight excluding hydrogens is 1750 g/mol. The first-order valence-corrected chi connectivity index (χ1v) is 45.7. The summed E-state index contributed by atoms with van der Waals surface area (Å²) >= 11 is 0. The lowest BCUT2D eigenvalue weighted by molar-refractivity contribution is -0.250. The van der Waals surface area contributed by atoms with Crippen LogP contribution >= 0.6 is 0 Å². The molecule has 0 unspecified atom stereocenters. The Morgan fingerprint density at radius 1 is 0.209 bits per heavy atom. The van der Waals surface area contributed by atoms with E-state index < -0.39 is 61.5 Å². The van der Waals surface area contributed by atoms with Gasteiger partial charge < -0.3 is 80.5 Å². The van der Waals surface area contributed by atoms with Gasteiger partial charge in [0.15, 0.2) is 46.0 Å². The van der Waals surface area contributed by atoms with E-state index in [1.54, 1.807) is 0 Å². The number of benzene rings is 16. The Labute approximate surface area is 806 Å². The molecule has 698 valence electrons. The van der Waals surface area contributed by atoms with Crippen molar-refractivity contribution in [2.45, 2.75) is 110 Å². The van der Waals surface area contributed by atoms with Gasteiger partial charge in [-0.05, 0) is 115 Å². The number of hydrogen-bond acceptors (Lipinski definition) is 21. The van der Waals surface area contributed by atoms with E-state index in [-0.39, 0.29) is 171 Å². The minimum atomic E-state index is -2.10. The fraction of sp³-hybridized carbons (Fsp3) is 0.153. The molecule has 1 aliphatic rings. The smallest absolute Gasteiger partial charge is 0.340 e. The molecule has 1 heterocycles. The van der Waals surface area contributed by atoms with Crippen LogP contribution in [0.5, 0.6) is 69.0 Å². The third-order valence-electron chi connectivity index (χ3n) is 22.4. The Kier molecular flexibility index (Phi) is 32.5. The molecule has 0 saturated carbocycles. The molecule has 0 radical (unpaired) electrons. The quantitative estimate of drug-likeness (QED) is 0.0255. The van der Waals surface area contributed by atoms with Gasteiger partial charge in [-0.15, -0.1) is 0 Å². The zero-order valence-corrected chi connectivity index (χ0v) is 76.0. The van der Waals surface area contributed by atoms with E-state index in [0.717, 1.165) is 66.8 Å². The third-order valence-corrected chi connectivity index (χ3v) is 22.4. The lowest BCUT2D eigenvalue weighted by Crippen LogP contribution is -2.54. The van der Waals surface area contributed by atoms with Crippen molar-refractivity contribution in [3.05, 3.63) is 502 Å². The zero-order valence-electron chi connectivity index (χ0n) is 76.0. The summed E-state index contributed by atoms with van der Waals surface area (Å²) in [4.78, 5) is 64.6. The van der Waals surface area contributed by atoms with Crippen LogP contribution in [-0.4, -0.2) is 55.1 Å². The average molecular weight is 1850 g/mol. The van der Waals surface area contributed by atoms with Gasteiger partial charge in [0.1, 0.15) is 92.0 Å². The van der Waals surface area contributed by atoms with Gasteiger partial charge in [-0.2, -0.15) is 0 Å². The van der Waals surface area contributed by atoms with Crippen molar-refractivity contribution < 1.29 is 99.7 Å². The monoisotopic (exact) mass is 1850 g/mol. The van der Waals surface area contributed by atoms with Crippen LogP contribution < -0.4 is 56.8 Å². The molecule has 0 spiro atoms. The van der Waals surface area contributed by atoms with Gasteiger partial charge in [0, 0.05) is 6.42 Å². The van der Waals surface area contributed by atoms with Crippen molar-refractivity contribution in [1.82, 2.24) is 0 Å². The molecule has 21 nitrogen and oxygen atoms in total. The molecular formula is C118H100O21. The van der Waals surface area contributed by atoms with E-state index >= 15 is 19.2 Å². The summed E-state index contributed by atoms with van der Waals surface area (Å²) in [5.41, 5.74) is 9.09. The second kappa shape index (κ2) is 48.2. The van der Waals surface area contributed by atoms with Gasteiger partial charge in [-0.1, -0.05) is 364 Å². The highest BCUT2D eigenvalue weighted by Gasteiger charge is 2.48. The lowest BCUT2D eigenvalue weighted by Gasteiger charge is -2.39. The number of hydrogen-bond donors (Lipinski definition) is 0. The summed E-state index contributed by atoms with van der Waals surface area (Å²) in [6.07, 6.45) is -7.62. The highest BCUT2D eigenvalue weighted by atomic mass is 16.7. The van der Waals surface area contributed by atoms with Crippen molar-refractivity contribution in [3.63, 3.8) is 0 Å². The minimum absolute atomic E-state index is 0.00368. The van der Waals surface area contributed by atoms with Gasteiger partial charge in [-0.25, -0.2) is 19.2 Å². The summed E-state index contributed by atoms with van der Waals surface area (Å²) in [7, 11) is 0. The Balaban J connectivity index is 0.803. The Hall–Kier alpha value is -17.0. The number of esters is 4. The molecule has 0 amide bonds. The average Bonchev–Trinajstić information content (AvgIpc) is 0.795. The van der Waals surface area contributed by atoms with Crippen LogP contribution in [0, 0.1) is 0 Å². The molecule has 0 bridgehead atoms. The summed E-state index contributed by atoms with van der Waals surface area (Å²) in [6.45, 7) is -0.321. The van der Waals surface area contributed by atoms with Crippen LogP contribution in [0.2, 0.25) is 0 Å². The highest BCUT2D eigenvalue weighted by Crippen LogP contribution is 2.47. The van der Waals surface area contributed by atoms with Crippen molar-refractivity contribution in [2.24, 2.45) is 0 Å². The summed E-state index contributed by atoms with van der Waals surface area (Å²) in [6, 6.07) is 126. The van der Waals surface area contributed by atoms with Gasteiger partial charge in [0.2, 0.25) is 35.4 Å². The molecule has 17 rings (SSSR count). The first kappa shape index (κ1) is 93.8. The maximum absolute atomic E-state index is 16.4. The van der Waals surface area contributed by atoms with Crippen molar-refractivity contribution in [2.75, 3.05) is 6.61 Å².